The Morgan fingerprint density at radius 2 is 1.91 bits per heavy atom. The smallest absolute Gasteiger partial charge is 0.326 e. The molecule has 22 heavy (non-hydrogen) atoms. The Labute approximate surface area is 133 Å². The second-order valence-electron chi connectivity index (χ2n) is 5.00. The number of amides is 1. The molecule has 0 spiro atoms. The second-order valence-corrected chi connectivity index (χ2v) is 7.77. The number of rotatable bonds is 3. The van der Waals surface area contributed by atoms with E-state index in [1.54, 1.807) is 29.5 Å². The van der Waals surface area contributed by atoms with Gasteiger partial charge < -0.3 is 5.32 Å². The lowest BCUT2D eigenvalue weighted by atomic mass is 10.2. The van der Waals surface area contributed by atoms with Crippen molar-refractivity contribution in [2.75, 3.05) is 28.0 Å². The highest BCUT2D eigenvalue weighted by Gasteiger charge is 2.35. The van der Waals surface area contributed by atoms with Crippen molar-refractivity contribution in [3.63, 3.8) is 0 Å². The Bertz CT molecular complexity index is 816. The van der Waals surface area contributed by atoms with Gasteiger partial charge >= 0.3 is 10.2 Å². The fourth-order valence-electron chi connectivity index (χ4n) is 2.34. The van der Waals surface area contributed by atoms with Gasteiger partial charge in [0.25, 0.3) is 0 Å². The van der Waals surface area contributed by atoms with E-state index in [2.05, 4.69) is 5.32 Å². The van der Waals surface area contributed by atoms with Crippen LogP contribution in [0.4, 0.5) is 17.1 Å². The van der Waals surface area contributed by atoms with Gasteiger partial charge in [-0.2, -0.15) is 19.8 Å². The monoisotopic (exact) mass is 337 g/mol. The number of thiophene rings is 1. The van der Waals surface area contributed by atoms with Crippen molar-refractivity contribution in [2.45, 2.75) is 6.42 Å². The Morgan fingerprint density at radius 1 is 1.18 bits per heavy atom. The summed E-state index contributed by atoms with van der Waals surface area (Å²) in [4.78, 5) is 12.0. The number of carbonyl (C=O) groups excluding carboxylic acids is 1. The lowest BCUT2D eigenvalue weighted by Crippen LogP contribution is -2.32. The molecule has 0 saturated heterocycles. The first-order valence-corrected chi connectivity index (χ1v) is 8.91. The number of nitrogens with one attached hydrogen (secondary N) is 1. The number of carbonyl (C=O) groups is 1. The number of nitrogens with zero attached hydrogens (tertiary/aromatic N) is 2. The summed E-state index contributed by atoms with van der Waals surface area (Å²) in [6.07, 6.45) is 0.300. The average molecular weight is 337 g/mol. The molecule has 1 aliphatic rings. The number of anilines is 3. The molecule has 8 heteroatoms. The van der Waals surface area contributed by atoms with Gasteiger partial charge in [-0.05, 0) is 40.6 Å². The Balaban J connectivity index is 1.81. The fraction of sp³-hybridized carbons (Fsp3) is 0.214. The topological polar surface area (TPSA) is 69.7 Å². The molecule has 0 atom stereocenters. The van der Waals surface area contributed by atoms with E-state index in [-0.39, 0.29) is 5.91 Å². The predicted molar refractivity (Wildman–Crippen MR) is 88.8 cm³/mol. The summed E-state index contributed by atoms with van der Waals surface area (Å²) in [5, 5.41) is 6.65. The molecule has 0 bridgehead atoms. The maximum Gasteiger partial charge on any atom is 0.326 e. The van der Waals surface area contributed by atoms with E-state index >= 15 is 0 Å². The molecule has 2 aromatic rings. The van der Waals surface area contributed by atoms with Crippen molar-refractivity contribution in [1.29, 1.82) is 0 Å². The van der Waals surface area contributed by atoms with E-state index in [1.165, 1.54) is 22.7 Å². The highest BCUT2D eigenvalue weighted by atomic mass is 32.2. The van der Waals surface area contributed by atoms with Gasteiger partial charge in [-0.25, -0.2) is 0 Å². The zero-order valence-electron chi connectivity index (χ0n) is 12.1. The summed E-state index contributed by atoms with van der Waals surface area (Å²) in [7, 11) is -0.493. The second kappa shape index (κ2) is 5.29. The minimum absolute atomic E-state index is 0.129. The quantitative estimate of drug-likeness (QED) is 0.932. The fourth-order valence-corrected chi connectivity index (χ4v) is 4.17. The molecule has 6 nitrogen and oxygen atoms in total. The van der Waals surface area contributed by atoms with Gasteiger partial charge in [0.05, 0.1) is 17.8 Å². The van der Waals surface area contributed by atoms with Gasteiger partial charge in [0.1, 0.15) is 0 Å². The molecule has 0 unspecified atom stereocenters. The summed E-state index contributed by atoms with van der Waals surface area (Å²) >= 11 is 1.55. The molecule has 1 amide bonds. The molecular weight excluding hydrogens is 322 g/mol. The van der Waals surface area contributed by atoms with Gasteiger partial charge in [-0.1, -0.05) is 0 Å². The number of hydrogen-bond donors (Lipinski definition) is 1. The van der Waals surface area contributed by atoms with Crippen LogP contribution in [0, 0.1) is 0 Å². The molecule has 3 rings (SSSR count). The highest BCUT2D eigenvalue weighted by molar-refractivity contribution is 7.94. The lowest BCUT2D eigenvalue weighted by molar-refractivity contribution is -0.115. The molecular formula is C14H15N3O3S2. The Hall–Kier alpha value is -2.06. The van der Waals surface area contributed by atoms with Crippen molar-refractivity contribution in [1.82, 2.24) is 0 Å². The molecule has 1 aliphatic heterocycles. The number of benzene rings is 1. The van der Waals surface area contributed by atoms with E-state index in [0.29, 0.717) is 23.5 Å². The van der Waals surface area contributed by atoms with Gasteiger partial charge in [0, 0.05) is 19.8 Å². The van der Waals surface area contributed by atoms with Crippen LogP contribution < -0.4 is 13.9 Å². The molecule has 0 radical (unpaired) electrons. The van der Waals surface area contributed by atoms with Crippen LogP contribution in [0.25, 0.3) is 0 Å². The van der Waals surface area contributed by atoms with E-state index in [0.717, 1.165) is 5.56 Å². The summed E-state index contributed by atoms with van der Waals surface area (Å²) in [5.41, 5.74) is 2.69. The Kier molecular flexibility index (Phi) is 3.57. The van der Waals surface area contributed by atoms with E-state index in [9.17, 15) is 13.2 Å². The molecule has 2 heterocycles. The van der Waals surface area contributed by atoms with Gasteiger partial charge in [0.15, 0.2) is 0 Å². The van der Waals surface area contributed by atoms with E-state index in [4.69, 9.17) is 0 Å². The van der Waals surface area contributed by atoms with Gasteiger partial charge in [0.2, 0.25) is 5.91 Å². The SMILES string of the molecule is CN1c2ccc(NC(=O)Cc3ccsc3)cc2N(C)S1(=O)=O. The predicted octanol–water partition coefficient (Wildman–Crippen LogP) is 2.06. The van der Waals surface area contributed by atoms with E-state index < -0.39 is 10.2 Å². The third kappa shape index (κ3) is 2.44. The third-order valence-electron chi connectivity index (χ3n) is 3.57. The molecule has 1 N–H and O–H groups in total. The zero-order valence-corrected chi connectivity index (χ0v) is 13.7. The standard InChI is InChI=1S/C14H15N3O3S2/c1-16-12-4-3-11(8-13(12)17(2)22(16,19)20)15-14(18)7-10-5-6-21-9-10/h3-6,8-9H,7H2,1-2H3,(H,15,18). The molecule has 0 saturated carbocycles. The van der Waals surface area contributed by atoms with Crippen LogP contribution in [-0.2, 0) is 21.4 Å². The van der Waals surface area contributed by atoms with Crippen molar-refractivity contribution < 1.29 is 13.2 Å². The first-order valence-electron chi connectivity index (χ1n) is 6.57. The molecule has 1 aromatic heterocycles. The number of hydrogen-bond acceptors (Lipinski definition) is 4. The van der Waals surface area contributed by atoms with Crippen molar-refractivity contribution in [3.8, 4) is 0 Å². The normalized spacial score (nSPS) is 15.7. The van der Waals surface area contributed by atoms with Crippen LogP contribution in [0.3, 0.4) is 0 Å². The maximum atomic E-state index is 12.1. The van der Waals surface area contributed by atoms with Gasteiger partial charge in [-0.3, -0.25) is 13.4 Å². The van der Waals surface area contributed by atoms with Crippen LogP contribution in [0.1, 0.15) is 5.56 Å². The van der Waals surface area contributed by atoms with Crippen molar-refractivity contribution in [3.05, 3.63) is 40.6 Å². The first kappa shape index (κ1) is 14.9. The maximum absolute atomic E-state index is 12.1. The minimum atomic E-state index is -3.49. The van der Waals surface area contributed by atoms with Crippen LogP contribution in [0.5, 0.6) is 0 Å². The molecule has 1 aromatic carbocycles. The van der Waals surface area contributed by atoms with Crippen molar-refractivity contribution in [2.24, 2.45) is 0 Å². The minimum Gasteiger partial charge on any atom is -0.326 e. The molecule has 116 valence electrons. The average Bonchev–Trinajstić information content (AvgIpc) is 3.02. The third-order valence-corrected chi connectivity index (χ3v) is 6.08. The summed E-state index contributed by atoms with van der Waals surface area (Å²) in [6, 6.07) is 6.97. The largest absolute Gasteiger partial charge is 0.326 e. The number of fused-ring (bicyclic) bond motifs is 1. The van der Waals surface area contributed by atoms with E-state index in [1.807, 2.05) is 16.8 Å². The van der Waals surface area contributed by atoms with Crippen LogP contribution in [0.15, 0.2) is 35.0 Å². The van der Waals surface area contributed by atoms with Gasteiger partial charge in [-0.15, -0.1) is 0 Å². The molecule has 0 aliphatic carbocycles. The van der Waals surface area contributed by atoms with Crippen LogP contribution >= 0.6 is 11.3 Å². The highest BCUT2D eigenvalue weighted by Crippen LogP contribution is 2.40. The zero-order chi connectivity index (χ0) is 15.9. The lowest BCUT2D eigenvalue weighted by Gasteiger charge is -2.13. The summed E-state index contributed by atoms with van der Waals surface area (Å²) < 4.78 is 26.5. The Morgan fingerprint density at radius 3 is 2.59 bits per heavy atom. The molecule has 0 fully saturated rings. The first-order chi connectivity index (χ1) is 10.4. The van der Waals surface area contributed by atoms with Crippen LogP contribution in [0.2, 0.25) is 0 Å². The summed E-state index contributed by atoms with van der Waals surface area (Å²) in [5.74, 6) is -0.129. The van der Waals surface area contributed by atoms with Crippen LogP contribution in [-0.4, -0.2) is 28.4 Å². The summed E-state index contributed by atoms with van der Waals surface area (Å²) in [6.45, 7) is 0. The van der Waals surface area contributed by atoms with Crippen molar-refractivity contribution >= 4 is 44.5 Å².